The van der Waals surface area contributed by atoms with Gasteiger partial charge >= 0.3 is 0 Å². The van der Waals surface area contributed by atoms with Crippen molar-refractivity contribution in [2.75, 3.05) is 6.61 Å². The molecular formula is C17H23N3O. The van der Waals surface area contributed by atoms with Gasteiger partial charge in [0, 0.05) is 37.3 Å². The zero-order valence-corrected chi connectivity index (χ0v) is 13.2. The molecule has 4 nitrogen and oxygen atoms in total. The van der Waals surface area contributed by atoms with Crippen LogP contribution in [0.25, 0.3) is 0 Å². The molecule has 0 aliphatic carbocycles. The first-order chi connectivity index (χ1) is 10.1. The first kappa shape index (κ1) is 14.1. The number of hydrogen-bond acceptors (Lipinski definition) is 3. The summed E-state index contributed by atoms with van der Waals surface area (Å²) in [5, 5.41) is 8.08. The molecule has 1 N–H and O–H groups in total. The molecule has 1 unspecified atom stereocenters. The maximum atomic E-state index is 5.57. The quantitative estimate of drug-likeness (QED) is 0.939. The minimum Gasteiger partial charge on any atom is -0.493 e. The van der Waals surface area contributed by atoms with Gasteiger partial charge in [-0.2, -0.15) is 5.10 Å². The third-order valence-electron chi connectivity index (χ3n) is 4.46. The van der Waals surface area contributed by atoms with Gasteiger partial charge < -0.3 is 10.1 Å². The van der Waals surface area contributed by atoms with E-state index in [9.17, 15) is 0 Å². The van der Waals surface area contributed by atoms with Crippen LogP contribution in [0.2, 0.25) is 0 Å². The average Bonchev–Trinajstić information content (AvgIpc) is 3.02. The van der Waals surface area contributed by atoms with Gasteiger partial charge in [-0.25, -0.2) is 0 Å². The lowest BCUT2D eigenvalue weighted by molar-refractivity contribution is 0.356. The number of rotatable bonds is 4. The fraction of sp³-hybridized carbons (Fsp3) is 0.471. The summed E-state index contributed by atoms with van der Waals surface area (Å²) in [6, 6.07) is 6.83. The van der Waals surface area contributed by atoms with Crippen molar-refractivity contribution >= 4 is 0 Å². The van der Waals surface area contributed by atoms with Gasteiger partial charge in [-0.15, -0.1) is 0 Å². The van der Waals surface area contributed by atoms with E-state index in [0.29, 0.717) is 6.04 Å². The Bertz CT molecular complexity index is 660. The molecule has 0 bridgehead atoms. The van der Waals surface area contributed by atoms with E-state index in [4.69, 9.17) is 4.74 Å². The number of aromatic nitrogens is 2. The Morgan fingerprint density at radius 1 is 1.38 bits per heavy atom. The van der Waals surface area contributed by atoms with Crippen LogP contribution < -0.4 is 10.1 Å². The second-order valence-electron chi connectivity index (χ2n) is 5.84. The van der Waals surface area contributed by atoms with Gasteiger partial charge in [0.15, 0.2) is 0 Å². The van der Waals surface area contributed by atoms with Gasteiger partial charge in [0.2, 0.25) is 0 Å². The summed E-state index contributed by atoms with van der Waals surface area (Å²) in [5.74, 6) is 1.05. The van der Waals surface area contributed by atoms with E-state index >= 15 is 0 Å². The molecular weight excluding hydrogens is 262 g/mol. The topological polar surface area (TPSA) is 39.1 Å². The Morgan fingerprint density at radius 2 is 2.19 bits per heavy atom. The molecule has 1 aliphatic rings. The number of benzene rings is 1. The summed E-state index contributed by atoms with van der Waals surface area (Å²) in [6.07, 6.45) is 1.02. The predicted octanol–water partition coefficient (Wildman–Crippen LogP) is 2.82. The summed E-state index contributed by atoms with van der Waals surface area (Å²) in [4.78, 5) is 0. The molecule has 0 saturated heterocycles. The molecule has 21 heavy (non-hydrogen) atoms. The molecule has 2 aromatic rings. The maximum absolute atomic E-state index is 5.57. The fourth-order valence-corrected chi connectivity index (χ4v) is 2.92. The third-order valence-corrected chi connectivity index (χ3v) is 4.46. The van der Waals surface area contributed by atoms with Crippen LogP contribution in [0.4, 0.5) is 0 Å². The SMILES string of the molecule is Cc1nn(C)c(C)c1CNC(C)c1ccc2c(c1)CCO2. The number of fused-ring (bicyclic) bond motifs is 1. The lowest BCUT2D eigenvalue weighted by Crippen LogP contribution is -2.19. The molecule has 1 atom stereocenters. The molecule has 2 heterocycles. The molecule has 0 radical (unpaired) electrons. The van der Waals surface area contributed by atoms with Gasteiger partial charge in [-0.05, 0) is 38.0 Å². The number of hydrogen-bond donors (Lipinski definition) is 1. The highest BCUT2D eigenvalue weighted by atomic mass is 16.5. The minimum atomic E-state index is 0.315. The normalized spacial score (nSPS) is 14.9. The molecule has 0 saturated carbocycles. The fourth-order valence-electron chi connectivity index (χ4n) is 2.92. The molecule has 1 aromatic carbocycles. The zero-order chi connectivity index (χ0) is 15.0. The van der Waals surface area contributed by atoms with Crippen LogP contribution >= 0.6 is 0 Å². The predicted molar refractivity (Wildman–Crippen MR) is 83.6 cm³/mol. The van der Waals surface area contributed by atoms with E-state index in [1.165, 1.54) is 22.4 Å². The molecule has 0 spiro atoms. The van der Waals surface area contributed by atoms with E-state index in [1.807, 2.05) is 11.7 Å². The van der Waals surface area contributed by atoms with E-state index in [-0.39, 0.29) is 0 Å². The molecule has 112 valence electrons. The van der Waals surface area contributed by atoms with Crippen molar-refractivity contribution in [2.24, 2.45) is 7.05 Å². The van der Waals surface area contributed by atoms with Crippen molar-refractivity contribution in [1.82, 2.24) is 15.1 Å². The second kappa shape index (κ2) is 5.53. The van der Waals surface area contributed by atoms with E-state index in [0.717, 1.165) is 31.0 Å². The Morgan fingerprint density at radius 3 is 2.90 bits per heavy atom. The van der Waals surface area contributed by atoms with Crippen molar-refractivity contribution in [1.29, 1.82) is 0 Å². The molecule has 0 amide bonds. The van der Waals surface area contributed by atoms with Crippen molar-refractivity contribution in [3.8, 4) is 5.75 Å². The summed E-state index contributed by atoms with van der Waals surface area (Å²) in [6.45, 7) is 8.06. The molecule has 1 aromatic heterocycles. The lowest BCUT2D eigenvalue weighted by atomic mass is 10.0. The first-order valence-corrected chi connectivity index (χ1v) is 7.54. The van der Waals surface area contributed by atoms with Gasteiger partial charge in [0.25, 0.3) is 0 Å². The molecule has 3 rings (SSSR count). The van der Waals surface area contributed by atoms with E-state index in [2.05, 4.69) is 49.4 Å². The van der Waals surface area contributed by atoms with Gasteiger partial charge in [0.1, 0.15) is 5.75 Å². The average molecular weight is 285 g/mol. The highest BCUT2D eigenvalue weighted by molar-refractivity contribution is 5.40. The summed E-state index contributed by atoms with van der Waals surface area (Å²) in [7, 11) is 2.00. The highest BCUT2D eigenvalue weighted by Gasteiger charge is 2.15. The Labute approximate surface area is 126 Å². The van der Waals surface area contributed by atoms with E-state index in [1.54, 1.807) is 0 Å². The zero-order valence-electron chi connectivity index (χ0n) is 13.2. The summed E-state index contributed by atoms with van der Waals surface area (Å²) in [5.41, 5.74) is 6.29. The molecule has 1 aliphatic heterocycles. The Balaban J connectivity index is 1.70. The first-order valence-electron chi connectivity index (χ1n) is 7.54. The van der Waals surface area contributed by atoms with Crippen molar-refractivity contribution in [3.63, 3.8) is 0 Å². The van der Waals surface area contributed by atoms with Crippen LogP contribution in [-0.2, 0) is 20.0 Å². The van der Waals surface area contributed by atoms with Crippen LogP contribution in [0.5, 0.6) is 5.75 Å². The Kier molecular flexibility index (Phi) is 3.72. The lowest BCUT2D eigenvalue weighted by Gasteiger charge is -2.15. The number of nitrogens with one attached hydrogen (secondary N) is 1. The van der Waals surface area contributed by atoms with Crippen LogP contribution in [0.15, 0.2) is 18.2 Å². The number of aryl methyl sites for hydroxylation is 2. The monoisotopic (exact) mass is 285 g/mol. The standard InChI is InChI=1S/C17H23N3O/c1-11(14-5-6-17-15(9-14)7-8-21-17)18-10-16-12(2)19-20(4)13(16)3/h5-6,9,11,18H,7-8,10H2,1-4H3. The largest absolute Gasteiger partial charge is 0.493 e. The summed E-state index contributed by atoms with van der Waals surface area (Å²) >= 11 is 0. The number of ether oxygens (including phenoxy) is 1. The third kappa shape index (κ3) is 2.68. The second-order valence-corrected chi connectivity index (χ2v) is 5.84. The molecule has 0 fully saturated rings. The van der Waals surface area contributed by atoms with Crippen molar-refractivity contribution in [3.05, 3.63) is 46.3 Å². The van der Waals surface area contributed by atoms with Gasteiger partial charge in [-0.1, -0.05) is 12.1 Å². The van der Waals surface area contributed by atoms with Crippen LogP contribution in [0.1, 0.15) is 41.0 Å². The van der Waals surface area contributed by atoms with Crippen molar-refractivity contribution < 1.29 is 4.74 Å². The number of nitrogens with zero attached hydrogens (tertiary/aromatic N) is 2. The maximum Gasteiger partial charge on any atom is 0.122 e. The summed E-state index contributed by atoms with van der Waals surface area (Å²) < 4.78 is 7.51. The van der Waals surface area contributed by atoms with Crippen LogP contribution in [-0.4, -0.2) is 16.4 Å². The van der Waals surface area contributed by atoms with Gasteiger partial charge in [-0.3, -0.25) is 4.68 Å². The smallest absolute Gasteiger partial charge is 0.122 e. The minimum absolute atomic E-state index is 0.315. The Hall–Kier alpha value is -1.81. The van der Waals surface area contributed by atoms with Crippen LogP contribution in [0.3, 0.4) is 0 Å². The van der Waals surface area contributed by atoms with E-state index < -0.39 is 0 Å². The molecule has 4 heteroatoms. The highest BCUT2D eigenvalue weighted by Crippen LogP contribution is 2.28. The van der Waals surface area contributed by atoms with Crippen LogP contribution in [0, 0.1) is 13.8 Å². The van der Waals surface area contributed by atoms with Gasteiger partial charge in [0.05, 0.1) is 12.3 Å². The van der Waals surface area contributed by atoms with Crippen molar-refractivity contribution in [2.45, 2.75) is 39.8 Å².